The van der Waals surface area contributed by atoms with Crippen LogP contribution in [0, 0.1) is 0 Å². The molecule has 0 amide bonds. The van der Waals surface area contributed by atoms with Gasteiger partial charge in [-0.2, -0.15) is 0 Å². The van der Waals surface area contributed by atoms with Crippen molar-refractivity contribution in [1.82, 2.24) is 10.2 Å². The van der Waals surface area contributed by atoms with Crippen molar-refractivity contribution >= 4 is 0 Å². The highest BCUT2D eigenvalue weighted by molar-refractivity contribution is 5.50. The molecule has 0 fully saturated rings. The zero-order valence-corrected chi connectivity index (χ0v) is 20.5. The number of nitrogens with zero attached hydrogens (tertiary/aromatic N) is 1. The van der Waals surface area contributed by atoms with Gasteiger partial charge >= 0.3 is 0 Å². The van der Waals surface area contributed by atoms with Gasteiger partial charge in [0.25, 0.3) is 0 Å². The van der Waals surface area contributed by atoms with E-state index < -0.39 is 0 Å². The van der Waals surface area contributed by atoms with Crippen LogP contribution in [0.25, 0.3) is 0 Å². The zero-order chi connectivity index (χ0) is 23.5. The van der Waals surface area contributed by atoms with Crippen molar-refractivity contribution in [3.05, 3.63) is 53.1 Å². The Bertz CT molecular complexity index is 855. The maximum Gasteiger partial charge on any atom is 0.160 e. The van der Waals surface area contributed by atoms with Crippen molar-refractivity contribution in [1.29, 1.82) is 0 Å². The standard InChI is InChI=1S/C28H42N2O3/c1-3-19-30(24-13-14-25-23(21-24)12-15-26(31)28(25)32)20-9-5-4-8-17-29-18-16-22-10-6-7-11-27(22)33-2/h6-7,10-12,15,24,29,31-32H,3-5,8-9,13-14,16-21H2,1-2H3/t24-/m0/s1. The van der Waals surface area contributed by atoms with E-state index in [1.54, 1.807) is 13.2 Å². The largest absolute Gasteiger partial charge is 0.504 e. The van der Waals surface area contributed by atoms with Crippen LogP contribution in [0.4, 0.5) is 0 Å². The number of ether oxygens (including phenoxy) is 1. The third-order valence-corrected chi connectivity index (χ3v) is 6.88. The zero-order valence-electron chi connectivity index (χ0n) is 20.5. The molecule has 0 saturated carbocycles. The summed E-state index contributed by atoms with van der Waals surface area (Å²) in [5, 5.41) is 23.5. The fraction of sp³-hybridized carbons (Fsp3) is 0.571. The lowest BCUT2D eigenvalue weighted by Gasteiger charge is -2.35. The molecule has 3 rings (SSSR count). The highest BCUT2D eigenvalue weighted by atomic mass is 16.5. The van der Waals surface area contributed by atoms with E-state index in [1.165, 1.54) is 43.2 Å². The number of phenols is 2. The summed E-state index contributed by atoms with van der Waals surface area (Å²) in [6.45, 7) is 6.60. The highest BCUT2D eigenvalue weighted by Gasteiger charge is 2.26. The average Bonchev–Trinajstić information content (AvgIpc) is 2.84. The summed E-state index contributed by atoms with van der Waals surface area (Å²) in [6.07, 6.45) is 10.0. The number of hydrogen-bond donors (Lipinski definition) is 3. The van der Waals surface area contributed by atoms with Gasteiger partial charge in [-0.05, 0) is 94.4 Å². The van der Waals surface area contributed by atoms with Crippen LogP contribution in [0.3, 0.4) is 0 Å². The molecule has 33 heavy (non-hydrogen) atoms. The molecule has 0 aliphatic heterocycles. The van der Waals surface area contributed by atoms with E-state index in [0.717, 1.165) is 63.2 Å². The number of nitrogens with one attached hydrogen (secondary N) is 1. The second kappa shape index (κ2) is 13.5. The predicted molar refractivity (Wildman–Crippen MR) is 135 cm³/mol. The van der Waals surface area contributed by atoms with Crippen molar-refractivity contribution in [2.45, 2.75) is 70.8 Å². The van der Waals surface area contributed by atoms with E-state index >= 15 is 0 Å². The van der Waals surface area contributed by atoms with E-state index in [4.69, 9.17) is 4.74 Å². The molecule has 0 aromatic heterocycles. The molecular weight excluding hydrogens is 412 g/mol. The summed E-state index contributed by atoms with van der Waals surface area (Å²) >= 11 is 0. The molecule has 5 nitrogen and oxygen atoms in total. The smallest absolute Gasteiger partial charge is 0.160 e. The molecule has 0 spiro atoms. The minimum absolute atomic E-state index is 0.00639. The van der Waals surface area contributed by atoms with Crippen LogP contribution in [-0.4, -0.2) is 54.4 Å². The van der Waals surface area contributed by atoms with Gasteiger partial charge in [-0.1, -0.05) is 44.0 Å². The molecule has 1 aliphatic carbocycles. The minimum atomic E-state index is 0.00639. The quantitative estimate of drug-likeness (QED) is 0.275. The number of unbranched alkanes of at least 4 members (excludes halogenated alkanes) is 3. The third kappa shape index (κ3) is 7.38. The Balaban J connectivity index is 1.31. The second-order valence-electron chi connectivity index (χ2n) is 9.23. The van der Waals surface area contributed by atoms with Crippen LogP contribution in [0.2, 0.25) is 0 Å². The fourth-order valence-corrected chi connectivity index (χ4v) is 5.05. The Morgan fingerprint density at radius 2 is 1.82 bits per heavy atom. The van der Waals surface area contributed by atoms with Crippen molar-refractivity contribution in [2.24, 2.45) is 0 Å². The van der Waals surface area contributed by atoms with Crippen LogP contribution in [-0.2, 0) is 19.3 Å². The minimum Gasteiger partial charge on any atom is -0.504 e. The number of hydrogen-bond acceptors (Lipinski definition) is 5. The van der Waals surface area contributed by atoms with Crippen molar-refractivity contribution in [3.63, 3.8) is 0 Å². The first-order chi connectivity index (χ1) is 16.1. The van der Waals surface area contributed by atoms with Gasteiger partial charge in [-0.25, -0.2) is 0 Å². The molecule has 0 heterocycles. The predicted octanol–water partition coefficient (Wildman–Crippen LogP) is 5.07. The lowest BCUT2D eigenvalue weighted by molar-refractivity contribution is 0.175. The van der Waals surface area contributed by atoms with E-state index in [9.17, 15) is 10.2 Å². The van der Waals surface area contributed by atoms with E-state index in [-0.39, 0.29) is 11.5 Å². The molecule has 1 aliphatic rings. The summed E-state index contributed by atoms with van der Waals surface area (Å²) < 4.78 is 5.42. The summed E-state index contributed by atoms with van der Waals surface area (Å²) in [4.78, 5) is 2.65. The van der Waals surface area contributed by atoms with Gasteiger partial charge < -0.3 is 25.2 Å². The number of phenolic OH excluding ortho intramolecular Hbond substituents is 2. The number of rotatable bonds is 14. The summed E-state index contributed by atoms with van der Waals surface area (Å²) in [6, 6.07) is 12.4. The summed E-state index contributed by atoms with van der Waals surface area (Å²) in [5.41, 5.74) is 3.41. The summed E-state index contributed by atoms with van der Waals surface area (Å²) in [5.74, 6) is 1.07. The normalized spacial score (nSPS) is 15.5. The monoisotopic (exact) mass is 454 g/mol. The van der Waals surface area contributed by atoms with Gasteiger partial charge in [0.2, 0.25) is 0 Å². The van der Waals surface area contributed by atoms with Gasteiger partial charge in [-0.15, -0.1) is 0 Å². The van der Waals surface area contributed by atoms with Gasteiger partial charge in [0, 0.05) is 11.6 Å². The molecule has 0 saturated heterocycles. The van der Waals surface area contributed by atoms with Crippen molar-refractivity contribution in [2.75, 3.05) is 33.3 Å². The molecule has 1 atom stereocenters. The topological polar surface area (TPSA) is 65.0 Å². The van der Waals surface area contributed by atoms with Crippen molar-refractivity contribution in [3.8, 4) is 17.2 Å². The number of fused-ring (bicyclic) bond motifs is 1. The second-order valence-corrected chi connectivity index (χ2v) is 9.23. The van der Waals surface area contributed by atoms with Gasteiger partial charge in [-0.3, -0.25) is 0 Å². The average molecular weight is 455 g/mol. The molecule has 182 valence electrons. The molecule has 5 heteroatoms. The Kier molecular flexibility index (Phi) is 10.4. The van der Waals surface area contributed by atoms with Crippen LogP contribution >= 0.6 is 0 Å². The molecule has 0 unspecified atom stereocenters. The Labute approximate surface area is 199 Å². The van der Waals surface area contributed by atoms with Crippen LogP contribution in [0.5, 0.6) is 17.2 Å². The van der Waals surface area contributed by atoms with Gasteiger partial charge in [0.15, 0.2) is 11.5 Å². The van der Waals surface area contributed by atoms with Gasteiger partial charge in [0.1, 0.15) is 5.75 Å². The number of aromatic hydroxyl groups is 2. The van der Waals surface area contributed by atoms with Crippen molar-refractivity contribution < 1.29 is 14.9 Å². The summed E-state index contributed by atoms with van der Waals surface area (Å²) in [7, 11) is 1.73. The van der Waals surface area contributed by atoms with Crippen LogP contribution in [0.1, 0.15) is 62.1 Å². The number of para-hydroxylation sites is 1. The SMILES string of the molecule is CCCN(CCCCCCNCCc1ccccc1OC)[C@H]1CCc2c(ccc(O)c2O)C1. The van der Waals surface area contributed by atoms with Crippen LogP contribution < -0.4 is 10.1 Å². The maximum atomic E-state index is 10.2. The molecule has 2 aromatic carbocycles. The molecule has 0 radical (unpaired) electrons. The highest BCUT2D eigenvalue weighted by Crippen LogP contribution is 2.36. The Morgan fingerprint density at radius 1 is 1.00 bits per heavy atom. The molecular formula is C28H42N2O3. The molecule has 2 aromatic rings. The molecule has 3 N–H and O–H groups in total. The number of methoxy groups -OCH3 is 1. The van der Waals surface area contributed by atoms with Gasteiger partial charge in [0.05, 0.1) is 7.11 Å². The van der Waals surface area contributed by atoms with E-state index in [0.29, 0.717) is 6.04 Å². The Morgan fingerprint density at radius 3 is 2.64 bits per heavy atom. The Hall–Kier alpha value is -2.24. The molecule has 0 bridgehead atoms. The third-order valence-electron chi connectivity index (χ3n) is 6.88. The maximum absolute atomic E-state index is 10.2. The lowest BCUT2D eigenvalue weighted by Crippen LogP contribution is -2.40. The van der Waals surface area contributed by atoms with Crippen LogP contribution in [0.15, 0.2) is 36.4 Å². The first kappa shape index (κ1) is 25.4. The lowest BCUT2D eigenvalue weighted by atomic mass is 9.86. The first-order valence-electron chi connectivity index (χ1n) is 12.7. The first-order valence-corrected chi connectivity index (χ1v) is 12.7. The van der Waals surface area contributed by atoms with E-state index in [1.807, 2.05) is 18.2 Å². The number of benzene rings is 2. The fourth-order valence-electron chi connectivity index (χ4n) is 5.05. The van der Waals surface area contributed by atoms with E-state index in [2.05, 4.69) is 29.3 Å².